The number of rotatable bonds is 4. The van der Waals surface area contributed by atoms with Crippen molar-refractivity contribution in [3.05, 3.63) is 29.8 Å². The van der Waals surface area contributed by atoms with Gasteiger partial charge in [0.15, 0.2) is 0 Å². The normalized spacial score (nSPS) is 26.9. The topological polar surface area (TPSA) is 32.8 Å². The molecule has 4 rings (SSSR count). The Balaban J connectivity index is 1.44. The molecule has 3 aliphatic heterocycles. The zero-order valence-corrected chi connectivity index (χ0v) is 15.0. The van der Waals surface area contributed by atoms with E-state index in [2.05, 4.69) is 29.2 Å². The highest BCUT2D eigenvalue weighted by atomic mass is 32.2. The Kier molecular flexibility index (Phi) is 5.11. The third-order valence-electron chi connectivity index (χ3n) is 5.40. The first-order valence-electron chi connectivity index (χ1n) is 9.13. The maximum absolute atomic E-state index is 12.9. The molecule has 2 fully saturated rings. The monoisotopic (exact) mass is 346 g/mol. The summed E-state index contributed by atoms with van der Waals surface area (Å²) < 4.78 is 5.66. The molecule has 1 aromatic carbocycles. The van der Waals surface area contributed by atoms with Gasteiger partial charge in [-0.1, -0.05) is 18.2 Å². The molecule has 0 spiro atoms. The summed E-state index contributed by atoms with van der Waals surface area (Å²) in [5.74, 6) is 1.75. The molecule has 0 aliphatic carbocycles. The first-order valence-corrected chi connectivity index (χ1v) is 10.3. The number of thioether (sulfide) groups is 1. The number of hydrogen-bond acceptors (Lipinski definition) is 4. The fourth-order valence-electron chi connectivity index (χ4n) is 4.11. The molecular weight excluding hydrogens is 320 g/mol. The number of carbonyl (C=O) groups excluding carboxylic acids is 1. The van der Waals surface area contributed by atoms with Crippen LogP contribution in [0.2, 0.25) is 0 Å². The van der Waals surface area contributed by atoms with Gasteiger partial charge in [-0.15, -0.1) is 11.8 Å². The van der Waals surface area contributed by atoms with Crippen LogP contribution in [0.15, 0.2) is 24.3 Å². The number of benzene rings is 1. The largest absolute Gasteiger partial charge is 0.377 e. The summed E-state index contributed by atoms with van der Waals surface area (Å²) in [4.78, 5) is 17.5. The SMILES string of the molecule is O=C(CSC[C@@H]1CCCO1)N1C[C@@H]2CCCN2Cc2ccccc21. The maximum Gasteiger partial charge on any atom is 0.237 e. The van der Waals surface area contributed by atoms with Gasteiger partial charge in [-0.25, -0.2) is 0 Å². The van der Waals surface area contributed by atoms with Gasteiger partial charge in [-0.05, 0) is 43.9 Å². The highest BCUT2D eigenvalue weighted by Gasteiger charge is 2.33. The molecule has 3 heterocycles. The Morgan fingerprint density at radius 3 is 3.04 bits per heavy atom. The summed E-state index contributed by atoms with van der Waals surface area (Å²) >= 11 is 1.73. The molecule has 24 heavy (non-hydrogen) atoms. The predicted molar refractivity (Wildman–Crippen MR) is 98.5 cm³/mol. The van der Waals surface area contributed by atoms with E-state index in [1.807, 2.05) is 4.90 Å². The summed E-state index contributed by atoms with van der Waals surface area (Å²) in [5, 5.41) is 0. The number of anilines is 1. The average Bonchev–Trinajstić information content (AvgIpc) is 3.23. The van der Waals surface area contributed by atoms with Crippen LogP contribution in [0.1, 0.15) is 31.2 Å². The number of fused-ring (bicyclic) bond motifs is 2. The molecule has 1 aromatic rings. The van der Waals surface area contributed by atoms with Gasteiger partial charge in [0.2, 0.25) is 5.91 Å². The molecule has 0 N–H and O–H groups in total. The van der Waals surface area contributed by atoms with E-state index in [9.17, 15) is 4.79 Å². The van der Waals surface area contributed by atoms with E-state index in [-0.39, 0.29) is 5.91 Å². The minimum atomic E-state index is 0.249. The van der Waals surface area contributed by atoms with Gasteiger partial charge in [0.25, 0.3) is 0 Å². The molecule has 2 saturated heterocycles. The molecule has 5 heteroatoms. The van der Waals surface area contributed by atoms with Crippen molar-refractivity contribution in [2.75, 3.05) is 36.1 Å². The minimum absolute atomic E-state index is 0.249. The fourth-order valence-corrected chi connectivity index (χ4v) is 5.09. The molecule has 1 amide bonds. The highest BCUT2D eigenvalue weighted by molar-refractivity contribution is 8.00. The zero-order valence-electron chi connectivity index (χ0n) is 14.2. The zero-order chi connectivity index (χ0) is 16.4. The summed E-state index contributed by atoms with van der Waals surface area (Å²) in [6.45, 7) is 3.87. The van der Waals surface area contributed by atoms with Gasteiger partial charge in [-0.2, -0.15) is 0 Å². The Hall–Kier alpha value is -1.04. The van der Waals surface area contributed by atoms with E-state index in [0.717, 1.165) is 50.5 Å². The van der Waals surface area contributed by atoms with E-state index >= 15 is 0 Å². The predicted octanol–water partition coefficient (Wildman–Crippen LogP) is 2.91. The van der Waals surface area contributed by atoms with Crippen molar-refractivity contribution in [1.82, 2.24) is 4.90 Å². The quantitative estimate of drug-likeness (QED) is 0.839. The molecule has 130 valence electrons. The third kappa shape index (κ3) is 3.48. The van der Waals surface area contributed by atoms with Gasteiger partial charge in [0, 0.05) is 37.2 Å². The molecular formula is C19H26N2O2S. The van der Waals surface area contributed by atoms with E-state index in [1.54, 1.807) is 11.8 Å². The van der Waals surface area contributed by atoms with Crippen LogP contribution < -0.4 is 4.90 Å². The second-order valence-corrected chi connectivity index (χ2v) is 8.08. The Morgan fingerprint density at radius 2 is 2.17 bits per heavy atom. The summed E-state index contributed by atoms with van der Waals surface area (Å²) in [6.07, 6.45) is 5.12. The van der Waals surface area contributed by atoms with Crippen molar-refractivity contribution in [2.45, 2.75) is 44.4 Å². The van der Waals surface area contributed by atoms with Gasteiger partial charge in [0.05, 0.1) is 11.9 Å². The molecule has 2 atom stereocenters. The second kappa shape index (κ2) is 7.46. The van der Waals surface area contributed by atoms with Crippen LogP contribution >= 0.6 is 11.8 Å². The van der Waals surface area contributed by atoms with Gasteiger partial charge in [0.1, 0.15) is 0 Å². The van der Waals surface area contributed by atoms with Crippen LogP contribution in [-0.2, 0) is 16.1 Å². The van der Waals surface area contributed by atoms with Crippen molar-refractivity contribution < 1.29 is 9.53 Å². The lowest BCUT2D eigenvalue weighted by Crippen LogP contribution is -2.41. The Bertz CT molecular complexity index is 588. The summed E-state index contributed by atoms with van der Waals surface area (Å²) in [7, 11) is 0. The number of carbonyl (C=O) groups is 1. The smallest absolute Gasteiger partial charge is 0.237 e. The third-order valence-corrected chi connectivity index (χ3v) is 6.46. The van der Waals surface area contributed by atoms with E-state index < -0.39 is 0 Å². The summed E-state index contributed by atoms with van der Waals surface area (Å²) in [5.41, 5.74) is 2.41. The van der Waals surface area contributed by atoms with Crippen LogP contribution in [0.4, 0.5) is 5.69 Å². The van der Waals surface area contributed by atoms with Gasteiger partial charge >= 0.3 is 0 Å². The standard InChI is InChI=1S/C19H26N2O2S/c22-19(14-24-13-17-7-4-10-23-17)21-12-16-6-3-9-20(16)11-15-5-1-2-8-18(15)21/h1-2,5,8,16-17H,3-4,6-7,9-14H2/t16-,17-/m0/s1. The highest BCUT2D eigenvalue weighted by Crippen LogP contribution is 2.32. The van der Waals surface area contributed by atoms with Crippen LogP contribution in [0.25, 0.3) is 0 Å². The van der Waals surface area contributed by atoms with E-state index in [0.29, 0.717) is 17.9 Å². The number of amides is 1. The number of hydrogen-bond donors (Lipinski definition) is 0. The van der Waals surface area contributed by atoms with Crippen LogP contribution in [0.3, 0.4) is 0 Å². The first-order chi connectivity index (χ1) is 11.8. The molecule has 3 aliphatic rings. The Labute approximate surface area is 148 Å². The maximum atomic E-state index is 12.9. The number of para-hydroxylation sites is 1. The molecule has 0 saturated carbocycles. The van der Waals surface area contributed by atoms with Crippen molar-refractivity contribution in [3.63, 3.8) is 0 Å². The van der Waals surface area contributed by atoms with Gasteiger partial charge < -0.3 is 9.64 Å². The van der Waals surface area contributed by atoms with Crippen LogP contribution in [0, 0.1) is 0 Å². The molecule has 0 unspecified atom stereocenters. The molecule has 0 aromatic heterocycles. The minimum Gasteiger partial charge on any atom is -0.377 e. The lowest BCUT2D eigenvalue weighted by molar-refractivity contribution is -0.116. The van der Waals surface area contributed by atoms with Crippen molar-refractivity contribution in [1.29, 1.82) is 0 Å². The number of ether oxygens (including phenoxy) is 1. The lowest BCUT2D eigenvalue weighted by Gasteiger charge is -2.26. The Morgan fingerprint density at radius 1 is 1.25 bits per heavy atom. The van der Waals surface area contributed by atoms with Crippen molar-refractivity contribution in [3.8, 4) is 0 Å². The van der Waals surface area contributed by atoms with E-state index in [4.69, 9.17) is 4.74 Å². The van der Waals surface area contributed by atoms with E-state index in [1.165, 1.54) is 18.4 Å². The molecule has 0 radical (unpaired) electrons. The molecule has 0 bridgehead atoms. The first kappa shape index (κ1) is 16.4. The van der Waals surface area contributed by atoms with Crippen LogP contribution in [0.5, 0.6) is 0 Å². The van der Waals surface area contributed by atoms with Crippen molar-refractivity contribution in [2.24, 2.45) is 0 Å². The fraction of sp³-hybridized carbons (Fsp3) is 0.632. The lowest BCUT2D eigenvalue weighted by atomic mass is 10.1. The van der Waals surface area contributed by atoms with Crippen molar-refractivity contribution >= 4 is 23.4 Å². The van der Waals surface area contributed by atoms with Crippen LogP contribution in [-0.4, -0.2) is 54.2 Å². The van der Waals surface area contributed by atoms with Gasteiger partial charge in [-0.3, -0.25) is 9.69 Å². The number of nitrogens with zero attached hydrogens (tertiary/aromatic N) is 2. The molecule has 4 nitrogen and oxygen atoms in total. The average molecular weight is 346 g/mol. The summed E-state index contributed by atoms with van der Waals surface area (Å²) in [6, 6.07) is 8.94. The second-order valence-electron chi connectivity index (χ2n) is 7.05.